The summed E-state index contributed by atoms with van der Waals surface area (Å²) in [5.41, 5.74) is 0.620. The summed E-state index contributed by atoms with van der Waals surface area (Å²) in [5.74, 6) is 0.410. The van der Waals surface area contributed by atoms with Gasteiger partial charge < -0.3 is 4.74 Å². The van der Waals surface area contributed by atoms with Gasteiger partial charge in [-0.3, -0.25) is 14.0 Å². The molecule has 0 radical (unpaired) electrons. The van der Waals surface area contributed by atoms with Crippen LogP contribution in [0.1, 0.15) is 12.8 Å². The van der Waals surface area contributed by atoms with E-state index in [1.165, 1.54) is 0 Å². The highest BCUT2D eigenvalue weighted by molar-refractivity contribution is 5.72. The summed E-state index contributed by atoms with van der Waals surface area (Å²) < 4.78 is 8.72. The van der Waals surface area contributed by atoms with Crippen molar-refractivity contribution in [3.63, 3.8) is 0 Å². The summed E-state index contributed by atoms with van der Waals surface area (Å²) >= 11 is 0. The Bertz CT molecular complexity index is 610. The molecule has 0 bridgehead atoms. The molecule has 1 saturated heterocycles. The number of aryl methyl sites for hydroxylation is 1. The minimum Gasteiger partial charge on any atom is -0.381 e. The van der Waals surface area contributed by atoms with Crippen LogP contribution in [0.2, 0.25) is 0 Å². The van der Waals surface area contributed by atoms with Gasteiger partial charge in [-0.1, -0.05) is 0 Å². The lowest BCUT2D eigenvalue weighted by atomic mass is 10.0. The van der Waals surface area contributed by atoms with E-state index in [1.807, 2.05) is 0 Å². The van der Waals surface area contributed by atoms with Gasteiger partial charge in [0.25, 0.3) is 5.56 Å². The molecule has 18 heavy (non-hydrogen) atoms. The Hall–Kier alpha value is -1.69. The highest BCUT2D eigenvalue weighted by Crippen LogP contribution is 2.15. The standard InChI is InChI=1S/C12H16N4O2/c1-15-11-10(5-14-15)12(17)16(8-13-11)6-9-3-2-4-18-7-9/h5,8-9H,2-4,6-7H2,1H3. The minimum absolute atomic E-state index is 0.0151. The zero-order valence-electron chi connectivity index (χ0n) is 10.4. The maximum absolute atomic E-state index is 12.2. The predicted octanol–water partition coefficient (Wildman–Crippen LogP) is 0.557. The molecule has 1 fully saturated rings. The number of nitrogens with zero attached hydrogens (tertiary/aromatic N) is 4. The molecule has 3 rings (SSSR count). The summed E-state index contributed by atoms with van der Waals surface area (Å²) in [7, 11) is 1.79. The Morgan fingerprint density at radius 2 is 2.44 bits per heavy atom. The predicted molar refractivity (Wildman–Crippen MR) is 66.3 cm³/mol. The van der Waals surface area contributed by atoms with E-state index in [-0.39, 0.29) is 5.56 Å². The quantitative estimate of drug-likeness (QED) is 0.779. The molecule has 1 aliphatic heterocycles. The molecule has 0 aromatic carbocycles. The van der Waals surface area contributed by atoms with Crippen LogP contribution in [0.25, 0.3) is 11.0 Å². The fourth-order valence-corrected chi connectivity index (χ4v) is 2.43. The summed E-state index contributed by atoms with van der Waals surface area (Å²) in [4.78, 5) is 16.5. The molecule has 96 valence electrons. The molecule has 0 saturated carbocycles. The molecule has 0 spiro atoms. The molecule has 0 amide bonds. The van der Waals surface area contributed by atoms with Crippen molar-refractivity contribution >= 4 is 11.0 Å². The maximum atomic E-state index is 12.2. The third kappa shape index (κ3) is 1.92. The molecule has 2 aromatic rings. The average Bonchev–Trinajstić information content (AvgIpc) is 2.77. The second-order valence-corrected chi connectivity index (χ2v) is 4.79. The molecule has 2 aromatic heterocycles. The van der Waals surface area contributed by atoms with E-state index in [4.69, 9.17) is 4.74 Å². The largest absolute Gasteiger partial charge is 0.381 e. The molecular weight excluding hydrogens is 232 g/mol. The van der Waals surface area contributed by atoms with Gasteiger partial charge in [-0.05, 0) is 12.8 Å². The van der Waals surface area contributed by atoms with Crippen molar-refractivity contribution < 1.29 is 4.74 Å². The zero-order chi connectivity index (χ0) is 12.5. The summed E-state index contributed by atoms with van der Waals surface area (Å²) in [5, 5.41) is 4.64. The second kappa shape index (κ2) is 4.53. The average molecular weight is 248 g/mol. The van der Waals surface area contributed by atoms with Crippen molar-refractivity contribution in [1.29, 1.82) is 0 Å². The van der Waals surface area contributed by atoms with E-state index in [2.05, 4.69) is 10.1 Å². The maximum Gasteiger partial charge on any atom is 0.264 e. The fourth-order valence-electron chi connectivity index (χ4n) is 2.43. The van der Waals surface area contributed by atoms with Gasteiger partial charge in [0, 0.05) is 26.1 Å². The van der Waals surface area contributed by atoms with Crippen LogP contribution in [-0.4, -0.2) is 32.5 Å². The number of hydrogen-bond acceptors (Lipinski definition) is 4. The Labute approximate surface area is 104 Å². The fraction of sp³-hybridized carbons (Fsp3) is 0.583. The van der Waals surface area contributed by atoms with Crippen LogP contribution in [-0.2, 0) is 18.3 Å². The first kappa shape index (κ1) is 11.4. The second-order valence-electron chi connectivity index (χ2n) is 4.79. The summed E-state index contributed by atoms with van der Waals surface area (Å²) in [6.07, 6.45) is 5.37. The van der Waals surface area contributed by atoms with Crippen molar-refractivity contribution in [2.24, 2.45) is 13.0 Å². The van der Waals surface area contributed by atoms with Crippen LogP contribution in [0.5, 0.6) is 0 Å². The number of rotatable bonds is 2. The van der Waals surface area contributed by atoms with Crippen molar-refractivity contribution in [3.05, 3.63) is 22.9 Å². The summed E-state index contributed by atoms with van der Waals surface area (Å²) in [6, 6.07) is 0. The lowest BCUT2D eigenvalue weighted by molar-refractivity contribution is 0.0479. The Kier molecular flexibility index (Phi) is 2.87. The van der Waals surface area contributed by atoms with Crippen molar-refractivity contribution in [2.75, 3.05) is 13.2 Å². The Morgan fingerprint density at radius 1 is 1.56 bits per heavy atom. The smallest absolute Gasteiger partial charge is 0.264 e. The van der Waals surface area contributed by atoms with Gasteiger partial charge >= 0.3 is 0 Å². The molecule has 0 aliphatic carbocycles. The van der Waals surface area contributed by atoms with Gasteiger partial charge in [0.1, 0.15) is 5.39 Å². The first-order chi connectivity index (χ1) is 8.75. The Morgan fingerprint density at radius 3 is 3.22 bits per heavy atom. The minimum atomic E-state index is -0.0151. The molecule has 1 unspecified atom stereocenters. The normalized spacial score (nSPS) is 20.4. The highest BCUT2D eigenvalue weighted by atomic mass is 16.5. The first-order valence-electron chi connectivity index (χ1n) is 6.20. The summed E-state index contributed by atoms with van der Waals surface area (Å²) in [6.45, 7) is 2.25. The van der Waals surface area contributed by atoms with Crippen LogP contribution in [0.3, 0.4) is 0 Å². The zero-order valence-corrected chi connectivity index (χ0v) is 10.4. The van der Waals surface area contributed by atoms with Crippen LogP contribution < -0.4 is 5.56 Å². The van der Waals surface area contributed by atoms with E-state index < -0.39 is 0 Å². The van der Waals surface area contributed by atoms with E-state index in [0.717, 1.165) is 26.1 Å². The van der Waals surface area contributed by atoms with E-state index in [1.54, 1.807) is 28.8 Å². The lowest BCUT2D eigenvalue weighted by Crippen LogP contribution is -2.28. The van der Waals surface area contributed by atoms with Crippen LogP contribution in [0.15, 0.2) is 17.3 Å². The van der Waals surface area contributed by atoms with E-state index in [9.17, 15) is 4.79 Å². The van der Waals surface area contributed by atoms with Gasteiger partial charge in [0.15, 0.2) is 5.65 Å². The highest BCUT2D eigenvalue weighted by Gasteiger charge is 2.16. The number of ether oxygens (including phenoxy) is 1. The Balaban J connectivity index is 1.92. The van der Waals surface area contributed by atoms with Crippen LogP contribution >= 0.6 is 0 Å². The molecular formula is C12H16N4O2. The van der Waals surface area contributed by atoms with Gasteiger partial charge in [-0.2, -0.15) is 5.10 Å². The molecule has 6 heteroatoms. The SMILES string of the molecule is Cn1ncc2c(=O)n(CC3CCCOC3)cnc21. The van der Waals surface area contributed by atoms with Crippen molar-refractivity contribution in [1.82, 2.24) is 19.3 Å². The third-order valence-corrected chi connectivity index (χ3v) is 3.43. The molecule has 0 N–H and O–H groups in total. The first-order valence-corrected chi connectivity index (χ1v) is 6.20. The van der Waals surface area contributed by atoms with Gasteiger partial charge in [-0.25, -0.2) is 4.98 Å². The van der Waals surface area contributed by atoms with E-state index >= 15 is 0 Å². The van der Waals surface area contributed by atoms with Crippen molar-refractivity contribution in [3.8, 4) is 0 Å². The number of fused-ring (bicyclic) bond motifs is 1. The van der Waals surface area contributed by atoms with Crippen molar-refractivity contribution in [2.45, 2.75) is 19.4 Å². The molecule has 1 atom stereocenters. The van der Waals surface area contributed by atoms with Crippen LogP contribution in [0.4, 0.5) is 0 Å². The third-order valence-electron chi connectivity index (χ3n) is 3.43. The molecule has 6 nitrogen and oxygen atoms in total. The van der Waals surface area contributed by atoms with Gasteiger partial charge in [-0.15, -0.1) is 0 Å². The topological polar surface area (TPSA) is 61.9 Å². The number of aromatic nitrogens is 4. The lowest BCUT2D eigenvalue weighted by Gasteiger charge is -2.22. The van der Waals surface area contributed by atoms with E-state index in [0.29, 0.717) is 23.5 Å². The molecule has 1 aliphatic rings. The van der Waals surface area contributed by atoms with Gasteiger partial charge in [0.05, 0.1) is 19.1 Å². The monoisotopic (exact) mass is 248 g/mol. The van der Waals surface area contributed by atoms with Gasteiger partial charge in [0.2, 0.25) is 0 Å². The number of hydrogen-bond donors (Lipinski definition) is 0. The van der Waals surface area contributed by atoms with Crippen LogP contribution in [0, 0.1) is 5.92 Å². The molecule has 3 heterocycles.